The molecule has 0 N–H and O–H groups in total. The van der Waals surface area contributed by atoms with E-state index in [4.69, 9.17) is 4.84 Å². The minimum atomic E-state index is -0.450. The van der Waals surface area contributed by atoms with Crippen molar-refractivity contribution >= 4 is 17.8 Å². The summed E-state index contributed by atoms with van der Waals surface area (Å²) in [5, 5.41) is 0.636. The molecule has 0 bridgehead atoms. The number of carbonyl (C=O) groups excluding carboxylic acids is 3. The highest BCUT2D eigenvalue weighted by molar-refractivity contribution is 6.01. The number of hydrogen-bond acceptors (Lipinski definition) is 4. The average Bonchev–Trinajstić information content (AvgIpc) is 2.66. The molecule has 1 aliphatic heterocycles. The number of imide groups is 1. The van der Waals surface area contributed by atoms with Gasteiger partial charge in [0.25, 0.3) is 11.8 Å². The van der Waals surface area contributed by atoms with Crippen LogP contribution in [0.4, 0.5) is 0 Å². The van der Waals surface area contributed by atoms with Crippen LogP contribution < -0.4 is 0 Å². The zero-order valence-corrected chi connectivity index (χ0v) is 11.1. The van der Waals surface area contributed by atoms with Crippen molar-refractivity contribution in [2.24, 2.45) is 5.92 Å². The van der Waals surface area contributed by atoms with Crippen LogP contribution in [0, 0.1) is 5.92 Å². The summed E-state index contributed by atoms with van der Waals surface area (Å²) >= 11 is 0. The lowest BCUT2D eigenvalue weighted by Crippen LogP contribution is -2.34. The summed E-state index contributed by atoms with van der Waals surface area (Å²) in [5.41, 5.74) is 0. The number of rotatable bonds is 7. The Hall–Kier alpha value is -1.39. The zero-order chi connectivity index (χ0) is 13.5. The van der Waals surface area contributed by atoms with E-state index in [0.29, 0.717) is 5.06 Å². The van der Waals surface area contributed by atoms with Crippen LogP contribution in [0.15, 0.2) is 0 Å². The van der Waals surface area contributed by atoms with Gasteiger partial charge in [0.1, 0.15) is 0 Å². The first kappa shape index (κ1) is 14.7. The van der Waals surface area contributed by atoms with Gasteiger partial charge in [-0.1, -0.05) is 33.1 Å². The number of amides is 2. The lowest BCUT2D eigenvalue weighted by atomic mass is 9.97. The smallest absolute Gasteiger partial charge is 0.330 e. The maximum absolute atomic E-state index is 11.9. The zero-order valence-electron chi connectivity index (χ0n) is 11.1. The summed E-state index contributed by atoms with van der Waals surface area (Å²) in [7, 11) is 0. The van der Waals surface area contributed by atoms with Crippen LogP contribution in [-0.4, -0.2) is 22.8 Å². The second-order valence-corrected chi connectivity index (χ2v) is 4.62. The van der Waals surface area contributed by atoms with E-state index in [-0.39, 0.29) is 18.8 Å². The fourth-order valence-corrected chi connectivity index (χ4v) is 2.00. The molecule has 0 aromatic rings. The summed E-state index contributed by atoms with van der Waals surface area (Å²) in [4.78, 5) is 39.5. The first-order valence-electron chi connectivity index (χ1n) is 6.67. The van der Waals surface area contributed by atoms with Gasteiger partial charge in [0.05, 0.1) is 5.92 Å². The Balaban J connectivity index is 2.54. The van der Waals surface area contributed by atoms with Gasteiger partial charge in [-0.3, -0.25) is 9.59 Å². The van der Waals surface area contributed by atoms with Crippen LogP contribution in [0.5, 0.6) is 0 Å². The summed E-state index contributed by atoms with van der Waals surface area (Å²) in [6, 6.07) is 0. The lowest BCUT2D eigenvalue weighted by Gasteiger charge is -2.18. The highest BCUT2D eigenvalue weighted by atomic mass is 16.7. The van der Waals surface area contributed by atoms with Crippen LogP contribution in [0.3, 0.4) is 0 Å². The minimum Gasteiger partial charge on any atom is -0.330 e. The van der Waals surface area contributed by atoms with Gasteiger partial charge in [0, 0.05) is 12.8 Å². The normalized spacial score (nSPS) is 17.1. The molecule has 1 atom stereocenters. The average molecular weight is 255 g/mol. The van der Waals surface area contributed by atoms with Crippen LogP contribution in [0.2, 0.25) is 0 Å². The van der Waals surface area contributed by atoms with E-state index in [1.807, 2.05) is 6.92 Å². The van der Waals surface area contributed by atoms with Crippen LogP contribution in [-0.2, 0) is 19.2 Å². The SMILES string of the molecule is CCCCC(CCC)C(=O)ON1C(=O)CCC1=O. The molecule has 1 saturated heterocycles. The topological polar surface area (TPSA) is 63.7 Å². The Bertz CT molecular complexity index is 311. The Morgan fingerprint density at radius 1 is 1.17 bits per heavy atom. The molecule has 0 saturated carbocycles. The van der Waals surface area contributed by atoms with Crippen molar-refractivity contribution in [1.29, 1.82) is 0 Å². The van der Waals surface area contributed by atoms with Crippen molar-refractivity contribution in [3.05, 3.63) is 0 Å². The lowest BCUT2D eigenvalue weighted by molar-refractivity contribution is -0.201. The van der Waals surface area contributed by atoms with Gasteiger partial charge in [-0.25, -0.2) is 4.79 Å². The molecule has 1 heterocycles. The highest BCUT2D eigenvalue weighted by Gasteiger charge is 2.34. The predicted octanol–water partition coefficient (Wildman–Crippen LogP) is 2.20. The third kappa shape index (κ3) is 3.82. The largest absolute Gasteiger partial charge is 0.336 e. The molecule has 5 heteroatoms. The summed E-state index contributed by atoms with van der Waals surface area (Å²) in [6.45, 7) is 4.06. The van der Waals surface area contributed by atoms with E-state index < -0.39 is 17.8 Å². The van der Waals surface area contributed by atoms with Crippen LogP contribution in [0.1, 0.15) is 58.8 Å². The monoisotopic (exact) mass is 255 g/mol. The first-order chi connectivity index (χ1) is 8.60. The maximum atomic E-state index is 11.9. The Morgan fingerprint density at radius 3 is 2.28 bits per heavy atom. The van der Waals surface area contributed by atoms with Gasteiger partial charge in [0.2, 0.25) is 0 Å². The number of carbonyl (C=O) groups is 3. The molecule has 0 spiro atoms. The summed E-state index contributed by atoms with van der Waals surface area (Å²) in [6.07, 6.45) is 4.59. The molecule has 102 valence electrons. The van der Waals surface area contributed by atoms with Gasteiger partial charge in [-0.15, -0.1) is 5.06 Å². The van der Waals surface area contributed by atoms with Crippen molar-refractivity contribution in [2.75, 3.05) is 0 Å². The number of hydroxylamine groups is 2. The number of unbranched alkanes of at least 4 members (excludes halogenated alkanes) is 1. The van der Waals surface area contributed by atoms with Gasteiger partial charge in [-0.05, 0) is 12.8 Å². The Labute approximate surface area is 107 Å². The quantitative estimate of drug-likeness (QED) is 0.654. The van der Waals surface area contributed by atoms with E-state index in [9.17, 15) is 14.4 Å². The summed E-state index contributed by atoms with van der Waals surface area (Å²) < 4.78 is 0. The van der Waals surface area contributed by atoms with E-state index in [2.05, 4.69) is 6.92 Å². The first-order valence-corrected chi connectivity index (χ1v) is 6.67. The van der Waals surface area contributed by atoms with Gasteiger partial charge >= 0.3 is 5.97 Å². The molecule has 1 rings (SSSR count). The maximum Gasteiger partial charge on any atom is 0.336 e. The third-order valence-corrected chi connectivity index (χ3v) is 3.06. The molecule has 1 fully saturated rings. The van der Waals surface area contributed by atoms with E-state index >= 15 is 0 Å². The molecule has 1 aliphatic rings. The fourth-order valence-electron chi connectivity index (χ4n) is 2.00. The molecular weight excluding hydrogens is 234 g/mol. The Kier molecular flexibility index (Phi) is 5.82. The highest BCUT2D eigenvalue weighted by Crippen LogP contribution is 2.19. The van der Waals surface area contributed by atoms with Crippen LogP contribution >= 0.6 is 0 Å². The fraction of sp³-hybridized carbons (Fsp3) is 0.769. The number of nitrogens with zero attached hydrogens (tertiary/aromatic N) is 1. The Morgan fingerprint density at radius 2 is 1.78 bits per heavy atom. The van der Waals surface area contributed by atoms with Gasteiger partial charge in [-0.2, -0.15) is 0 Å². The minimum absolute atomic E-state index is 0.138. The van der Waals surface area contributed by atoms with Crippen molar-refractivity contribution in [3.8, 4) is 0 Å². The van der Waals surface area contributed by atoms with E-state index in [1.54, 1.807) is 0 Å². The second kappa shape index (κ2) is 7.13. The van der Waals surface area contributed by atoms with E-state index in [0.717, 1.165) is 32.1 Å². The van der Waals surface area contributed by atoms with Crippen molar-refractivity contribution in [1.82, 2.24) is 5.06 Å². The molecule has 1 unspecified atom stereocenters. The van der Waals surface area contributed by atoms with Crippen molar-refractivity contribution in [3.63, 3.8) is 0 Å². The summed E-state index contributed by atoms with van der Waals surface area (Å²) in [5.74, 6) is -1.50. The second-order valence-electron chi connectivity index (χ2n) is 4.62. The molecular formula is C13H21NO4. The molecule has 5 nitrogen and oxygen atoms in total. The van der Waals surface area contributed by atoms with Crippen molar-refractivity contribution < 1.29 is 19.2 Å². The molecule has 2 amide bonds. The van der Waals surface area contributed by atoms with E-state index in [1.165, 1.54) is 0 Å². The molecule has 0 radical (unpaired) electrons. The molecule has 18 heavy (non-hydrogen) atoms. The predicted molar refractivity (Wildman–Crippen MR) is 65.1 cm³/mol. The molecule has 0 aromatic carbocycles. The van der Waals surface area contributed by atoms with Crippen LogP contribution in [0.25, 0.3) is 0 Å². The third-order valence-electron chi connectivity index (χ3n) is 3.06. The van der Waals surface area contributed by atoms with Crippen molar-refractivity contribution in [2.45, 2.75) is 58.8 Å². The van der Waals surface area contributed by atoms with Gasteiger partial charge in [0.15, 0.2) is 0 Å². The standard InChI is InChI=1S/C13H21NO4/c1-3-5-7-10(6-4-2)13(17)18-14-11(15)8-9-12(14)16/h10H,3-9H2,1-2H3. The number of hydrogen-bond donors (Lipinski definition) is 0. The van der Waals surface area contributed by atoms with Gasteiger partial charge < -0.3 is 4.84 Å². The molecule has 0 aliphatic carbocycles. The molecule has 0 aromatic heterocycles.